The van der Waals surface area contributed by atoms with E-state index in [4.69, 9.17) is 16.3 Å². The maximum Gasteiger partial charge on any atom is 0.306 e. The summed E-state index contributed by atoms with van der Waals surface area (Å²) < 4.78 is 4.95. The van der Waals surface area contributed by atoms with Crippen molar-refractivity contribution in [3.8, 4) is 0 Å². The van der Waals surface area contributed by atoms with Crippen molar-refractivity contribution in [3.05, 3.63) is 69.2 Å². The first-order valence-corrected chi connectivity index (χ1v) is 8.27. The highest BCUT2D eigenvalue weighted by atomic mass is 35.5. The first kappa shape index (κ1) is 19.4. The molecule has 26 heavy (non-hydrogen) atoms. The highest BCUT2D eigenvalue weighted by Gasteiger charge is 2.12. The van der Waals surface area contributed by atoms with E-state index in [-0.39, 0.29) is 24.5 Å². The zero-order valence-corrected chi connectivity index (χ0v) is 14.6. The van der Waals surface area contributed by atoms with Crippen LogP contribution in [0.2, 0.25) is 5.02 Å². The molecule has 0 aromatic heterocycles. The summed E-state index contributed by atoms with van der Waals surface area (Å²) in [6, 6.07) is 12.6. The average molecular weight is 377 g/mol. The van der Waals surface area contributed by atoms with Gasteiger partial charge in [-0.1, -0.05) is 23.7 Å². The maximum absolute atomic E-state index is 11.9. The first-order chi connectivity index (χ1) is 12.5. The Morgan fingerprint density at radius 1 is 1.12 bits per heavy atom. The Morgan fingerprint density at radius 3 is 2.50 bits per heavy atom. The number of Topliss-reactive ketones (excluding diaryl/α,β-unsaturated/α-hetero) is 1. The number of nitrogens with one attached hydrogen (secondary N) is 1. The van der Waals surface area contributed by atoms with Gasteiger partial charge in [0.05, 0.1) is 4.92 Å². The Bertz CT molecular complexity index is 792. The van der Waals surface area contributed by atoms with E-state index in [1.165, 1.54) is 6.07 Å². The molecule has 0 radical (unpaired) electrons. The Balaban J connectivity index is 1.70. The lowest BCUT2D eigenvalue weighted by molar-refractivity contribution is -0.384. The van der Waals surface area contributed by atoms with Gasteiger partial charge in [0.15, 0.2) is 12.4 Å². The standard InChI is InChI=1S/C18H17ClN2O5/c19-14-9-7-13(8-10-14)17(22)12-26-18(23)6-3-11-20-15-4-1-2-5-16(15)21(24)25/h1-2,4-5,7-10,20H,3,6,11-12H2. The Morgan fingerprint density at radius 2 is 1.81 bits per heavy atom. The number of carbonyl (C=O) groups excluding carboxylic acids is 2. The number of anilines is 1. The van der Waals surface area contributed by atoms with Gasteiger partial charge in [0.25, 0.3) is 5.69 Å². The highest BCUT2D eigenvalue weighted by Crippen LogP contribution is 2.23. The Kier molecular flexibility index (Phi) is 7.11. The van der Waals surface area contributed by atoms with E-state index in [1.54, 1.807) is 42.5 Å². The van der Waals surface area contributed by atoms with Gasteiger partial charge in [-0.2, -0.15) is 0 Å². The minimum absolute atomic E-state index is 0.0244. The van der Waals surface area contributed by atoms with Gasteiger partial charge in [-0.3, -0.25) is 19.7 Å². The second kappa shape index (κ2) is 9.53. The van der Waals surface area contributed by atoms with Crippen LogP contribution in [-0.2, 0) is 9.53 Å². The van der Waals surface area contributed by atoms with Gasteiger partial charge in [-0.15, -0.1) is 0 Å². The van der Waals surface area contributed by atoms with Crippen molar-refractivity contribution in [2.45, 2.75) is 12.8 Å². The van der Waals surface area contributed by atoms with Gasteiger partial charge in [-0.05, 0) is 36.8 Å². The number of carbonyl (C=O) groups is 2. The number of hydrogen-bond donors (Lipinski definition) is 1. The van der Waals surface area contributed by atoms with Crippen molar-refractivity contribution >= 4 is 34.7 Å². The normalized spacial score (nSPS) is 10.2. The van der Waals surface area contributed by atoms with Gasteiger partial charge in [-0.25, -0.2) is 0 Å². The summed E-state index contributed by atoms with van der Waals surface area (Å²) in [6.45, 7) is 0.0309. The zero-order chi connectivity index (χ0) is 18.9. The van der Waals surface area contributed by atoms with Crippen LogP contribution in [0.1, 0.15) is 23.2 Å². The molecule has 0 amide bonds. The minimum atomic E-state index is -0.503. The van der Waals surface area contributed by atoms with Crippen molar-refractivity contribution in [2.75, 3.05) is 18.5 Å². The van der Waals surface area contributed by atoms with E-state index in [1.807, 2.05) is 0 Å². The molecule has 2 aromatic rings. The molecule has 0 bridgehead atoms. The number of para-hydroxylation sites is 2. The molecule has 0 saturated heterocycles. The molecule has 0 spiro atoms. The number of nitrogens with zero attached hydrogens (tertiary/aromatic N) is 1. The number of nitro benzene ring substituents is 1. The van der Waals surface area contributed by atoms with E-state index in [2.05, 4.69) is 5.32 Å². The number of benzene rings is 2. The third-order valence-electron chi connectivity index (χ3n) is 3.50. The summed E-state index contributed by atoms with van der Waals surface area (Å²) in [5, 5.41) is 14.3. The summed E-state index contributed by atoms with van der Waals surface area (Å²) in [5.41, 5.74) is 0.785. The summed E-state index contributed by atoms with van der Waals surface area (Å²) >= 11 is 5.75. The van der Waals surface area contributed by atoms with Gasteiger partial charge in [0, 0.05) is 29.6 Å². The lowest BCUT2D eigenvalue weighted by Gasteiger charge is -2.07. The highest BCUT2D eigenvalue weighted by molar-refractivity contribution is 6.30. The molecule has 0 aliphatic heterocycles. The summed E-state index contributed by atoms with van der Waals surface area (Å²) in [7, 11) is 0. The molecule has 0 unspecified atom stereocenters. The predicted molar refractivity (Wildman–Crippen MR) is 97.6 cm³/mol. The number of halogens is 1. The number of ketones is 1. The molecule has 7 nitrogen and oxygen atoms in total. The van der Waals surface area contributed by atoms with Crippen LogP contribution in [0, 0.1) is 10.1 Å². The fourth-order valence-corrected chi connectivity index (χ4v) is 2.30. The SMILES string of the molecule is O=C(CCCNc1ccccc1[N+](=O)[O-])OCC(=O)c1ccc(Cl)cc1. The number of hydrogen-bond acceptors (Lipinski definition) is 6. The molecule has 0 atom stereocenters. The number of rotatable bonds is 9. The maximum atomic E-state index is 11.9. The largest absolute Gasteiger partial charge is 0.457 e. The van der Waals surface area contributed by atoms with Crippen LogP contribution in [0.4, 0.5) is 11.4 Å². The molecule has 0 aliphatic rings. The van der Waals surface area contributed by atoms with Crippen molar-refractivity contribution < 1.29 is 19.2 Å². The third kappa shape index (κ3) is 5.86. The molecule has 0 saturated carbocycles. The molecule has 0 aliphatic carbocycles. The van der Waals surface area contributed by atoms with E-state index >= 15 is 0 Å². The molecule has 0 heterocycles. The number of nitro groups is 1. The molecule has 8 heteroatoms. The third-order valence-corrected chi connectivity index (χ3v) is 3.76. The van der Waals surface area contributed by atoms with Crippen LogP contribution in [0.15, 0.2) is 48.5 Å². The summed E-state index contributed by atoms with van der Waals surface area (Å²) in [6.07, 6.45) is 0.515. The lowest BCUT2D eigenvalue weighted by atomic mass is 10.1. The fourth-order valence-electron chi connectivity index (χ4n) is 2.18. The van der Waals surface area contributed by atoms with Crippen LogP contribution in [0.25, 0.3) is 0 Å². The monoisotopic (exact) mass is 376 g/mol. The van der Waals surface area contributed by atoms with E-state index in [0.29, 0.717) is 29.2 Å². The van der Waals surface area contributed by atoms with Crippen molar-refractivity contribution in [1.82, 2.24) is 0 Å². The molecule has 1 N–H and O–H groups in total. The van der Waals surface area contributed by atoms with Gasteiger partial charge >= 0.3 is 5.97 Å². The molecular weight excluding hydrogens is 360 g/mol. The quantitative estimate of drug-likeness (QED) is 0.234. The molecular formula is C18H17ClN2O5. The molecule has 136 valence electrons. The topological polar surface area (TPSA) is 98.5 Å². The van der Waals surface area contributed by atoms with Crippen LogP contribution in [-0.4, -0.2) is 29.8 Å². The first-order valence-electron chi connectivity index (χ1n) is 7.89. The Hall–Kier alpha value is -2.93. The number of esters is 1. The molecule has 0 fully saturated rings. The van der Waals surface area contributed by atoms with Crippen molar-refractivity contribution in [3.63, 3.8) is 0 Å². The minimum Gasteiger partial charge on any atom is -0.457 e. The molecule has 2 aromatic carbocycles. The molecule has 2 rings (SSSR count). The predicted octanol–water partition coefficient (Wildman–Crippen LogP) is 3.87. The number of ether oxygens (including phenoxy) is 1. The Labute approximate surface area is 155 Å². The fraction of sp³-hybridized carbons (Fsp3) is 0.222. The van der Waals surface area contributed by atoms with E-state index in [9.17, 15) is 19.7 Å². The van der Waals surface area contributed by atoms with E-state index < -0.39 is 10.9 Å². The summed E-state index contributed by atoms with van der Waals surface area (Å²) in [4.78, 5) is 34.0. The van der Waals surface area contributed by atoms with Gasteiger partial charge in [0.1, 0.15) is 5.69 Å². The average Bonchev–Trinajstić information content (AvgIpc) is 2.64. The second-order valence-corrected chi connectivity index (χ2v) is 5.83. The second-order valence-electron chi connectivity index (χ2n) is 5.40. The van der Waals surface area contributed by atoms with Crippen molar-refractivity contribution in [2.24, 2.45) is 0 Å². The van der Waals surface area contributed by atoms with Crippen molar-refractivity contribution in [1.29, 1.82) is 0 Å². The van der Waals surface area contributed by atoms with Crippen LogP contribution in [0.5, 0.6) is 0 Å². The summed E-state index contributed by atoms with van der Waals surface area (Å²) in [5.74, 6) is -0.815. The van der Waals surface area contributed by atoms with Gasteiger partial charge in [0.2, 0.25) is 0 Å². The van der Waals surface area contributed by atoms with E-state index in [0.717, 1.165) is 0 Å². The van der Waals surface area contributed by atoms with Crippen LogP contribution < -0.4 is 5.32 Å². The van der Waals surface area contributed by atoms with Crippen LogP contribution in [0.3, 0.4) is 0 Å². The van der Waals surface area contributed by atoms with Crippen LogP contribution >= 0.6 is 11.6 Å². The zero-order valence-electron chi connectivity index (χ0n) is 13.8. The smallest absolute Gasteiger partial charge is 0.306 e. The van der Waals surface area contributed by atoms with Gasteiger partial charge < -0.3 is 10.1 Å². The lowest BCUT2D eigenvalue weighted by Crippen LogP contribution is -2.15.